The maximum Gasteiger partial charge on any atom is -0.00853 e. The van der Waals surface area contributed by atoms with Crippen LogP contribution in [0, 0.1) is 40.4 Å². The zero-order valence-corrected chi connectivity index (χ0v) is 20.2. The summed E-state index contributed by atoms with van der Waals surface area (Å²) < 4.78 is 0. The van der Waals surface area contributed by atoms with Crippen LogP contribution in [0.1, 0.15) is 125 Å². The molecule has 0 heteroatoms. The van der Waals surface area contributed by atoms with E-state index in [-0.39, 0.29) is 0 Å². The molecule has 6 atom stereocenters. The van der Waals surface area contributed by atoms with E-state index in [1.165, 1.54) is 83.5 Å². The molecule has 4 aliphatic carbocycles. The van der Waals surface area contributed by atoms with E-state index in [4.69, 9.17) is 0 Å². The monoisotopic (exact) mass is 386 g/mol. The van der Waals surface area contributed by atoms with E-state index < -0.39 is 0 Å². The van der Waals surface area contributed by atoms with Crippen LogP contribution in [0.4, 0.5) is 0 Å². The number of hydrogen-bond donors (Lipinski definition) is 0. The highest BCUT2D eigenvalue weighted by Crippen LogP contribution is 2.66. The largest absolute Gasteiger partial charge is 0.0845 e. The molecule has 4 aliphatic rings. The lowest BCUT2D eigenvalue weighted by Gasteiger charge is -2.57. The van der Waals surface area contributed by atoms with Crippen LogP contribution in [-0.4, -0.2) is 0 Å². The Morgan fingerprint density at radius 3 is 2.43 bits per heavy atom. The molecule has 28 heavy (non-hydrogen) atoms. The van der Waals surface area contributed by atoms with Gasteiger partial charge in [0.2, 0.25) is 0 Å². The minimum absolute atomic E-state index is 0.590. The topological polar surface area (TPSA) is 0 Å². The predicted molar refractivity (Wildman–Crippen MR) is 124 cm³/mol. The molecule has 3 fully saturated rings. The quantitative estimate of drug-likeness (QED) is 0.422. The van der Waals surface area contributed by atoms with Crippen molar-refractivity contribution in [2.24, 2.45) is 40.4 Å². The predicted octanol–water partition coefficient (Wildman–Crippen LogP) is 9.20. The molecule has 0 aromatic heterocycles. The second-order valence-electron chi connectivity index (χ2n) is 11.7. The summed E-state index contributed by atoms with van der Waals surface area (Å²) in [6.45, 7) is 14.5. The SMILES string of the molecule is CCC1CCC2C3CC=C4CCCCC4(C)C3CCC12C.CCCCC(C)C. The lowest BCUT2D eigenvalue weighted by Crippen LogP contribution is -2.49. The number of rotatable bonds is 4. The minimum Gasteiger partial charge on any atom is -0.0845 e. The zero-order chi connectivity index (χ0) is 20.4. The van der Waals surface area contributed by atoms with Gasteiger partial charge in [-0.05, 0) is 91.8 Å². The van der Waals surface area contributed by atoms with Gasteiger partial charge in [0.1, 0.15) is 0 Å². The van der Waals surface area contributed by atoms with Gasteiger partial charge in [0.15, 0.2) is 0 Å². The lowest BCUT2D eigenvalue weighted by atomic mass is 9.47. The van der Waals surface area contributed by atoms with E-state index in [0.717, 1.165) is 29.6 Å². The second-order valence-corrected chi connectivity index (χ2v) is 11.7. The van der Waals surface area contributed by atoms with Crippen molar-refractivity contribution in [3.63, 3.8) is 0 Å². The normalized spacial score (nSPS) is 42.0. The van der Waals surface area contributed by atoms with Crippen LogP contribution in [0.25, 0.3) is 0 Å². The Kier molecular flexibility index (Phi) is 7.42. The fourth-order valence-electron chi connectivity index (χ4n) is 8.09. The molecule has 6 unspecified atom stereocenters. The highest BCUT2D eigenvalue weighted by atomic mass is 14.6. The molecule has 0 aromatic carbocycles. The van der Waals surface area contributed by atoms with Crippen molar-refractivity contribution in [2.45, 2.75) is 125 Å². The average Bonchev–Trinajstić information content (AvgIpc) is 3.02. The van der Waals surface area contributed by atoms with Crippen molar-refractivity contribution in [1.82, 2.24) is 0 Å². The number of unbranched alkanes of at least 4 members (excludes halogenated alkanes) is 1. The highest BCUT2D eigenvalue weighted by Gasteiger charge is 2.57. The molecule has 0 nitrogen and oxygen atoms in total. The molecule has 0 aliphatic heterocycles. The number of hydrogen-bond acceptors (Lipinski definition) is 0. The maximum atomic E-state index is 2.71. The van der Waals surface area contributed by atoms with Crippen LogP contribution in [0.2, 0.25) is 0 Å². The van der Waals surface area contributed by atoms with E-state index in [9.17, 15) is 0 Å². The van der Waals surface area contributed by atoms with Crippen LogP contribution >= 0.6 is 0 Å². The Hall–Kier alpha value is -0.260. The van der Waals surface area contributed by atoms with E-state index in [0.29, 0.717) is 10.8 Å². The molecule has 0 radical (unpaired) electrons. The van der Waals surface area contributed by atoms with Crippen molar-refractivity contribution in [1.29, 1.82) is 0 Å². The van der Waals surface area contributed by atoms with Gasteiger partial charge in [-0.1, -0.05) is 85.3 Å². The van der Waals surface area contributed by atoms with Crippen molar-refractivity contribution in [3.05, 3.63) is 11.6 Å². The number of fused-ring (bicyclic) bond motifs is 5. The van der Waals surface area contributed by atoms with Crippen LogP contribution in [-0.2, 0) is 0 Å². The molecule has 0 N–H and O–H groups in total. The first kappa shape index (κ1) is 22.4. The van der Waals surface area contributed by atoms with Crippen molar-refractivity contribution >= 4 is 0 Å². The summed E-state index contributed by atoms with van der Waals surface area (Å²) in [6.07, 6.45) is 21.7. The summed E-state index contributed by atoms with van der Waals surface area (Å²) >= 11 is 0. The Balaban J connectivity index is 0.000000279. The van der Waals surface area contributed by atoms with E-state index in [1.54, 1.807) is 0 Å². The lowest BCUT2D eigenvalue weighted by molar-refractivity contribution is -0.0415. The van der Waals surface area contributed by atoms with Crippen LogP contribution in [0.3, 0.4) is 0 Å². The van der Waals surface area contributed by atoms with Crippen molar-refractivity contribution in [2.75, 3.05) is 0 Å². The summed E-state index contributed by atoms with van der Waals surface area (Å²) in [5.41, 5.74) is 3.14. The van der Waals surface area contributed by atoms with Gasteiger partial charge in [-0.2, -0.15) is 0 Å². The third-order valence-electron chi connectivity index (χ3n) is 9.84. The molecule has 0 amide bonds. The third-order valence-corrected chi connectivity index (χ3v) is 9.84. The smallest absolute Gasteiger partial charge is 0.00853 e. The van der Waals surface area contributed by atoms with Gasteiger partial charge in [-0.3, -0.25) is 0 Å². The average molecular weight is 387 g/mol. The highest BCUT2D eigenvalue weighted by molar-refractivity contribution is 5.24. The summed E-state index contributed by atoms with van der Waals surface area (Å²) in [7, 11) is 0. The third kappa shape index (κ3) is 4.13. The molecule has 162 valence electrons. The van der Waals surface area contributed by atoms with Gasteiger partial charge >= 0.3 is 0 Å². The van der Waals surface area contributed by atoms with Crippen molar-refractivity contribution < 1.29 is 0 Å². The van der Waals surface area contributed by atoms with E-state index in [2.05, 4.69) is 47.6 Å². The second kappa shape index (κ2) is 9.26. The molecule has 0 bridgehead atoms. The molecule has 0 saturated heterocycles. The minimum atomic E-state index is 0.590. The van der Waals surface area contributed by atoms with Gasteiger partial charge < -0.3 is 0 Å². The maximum absolute atomic E-state index is 2.71. The van der Waals surface area contributed by atoms with Gasteiger partial charge in [0.05, 0.1) is 0 Å². The van der Waals surface area contributed by atoms with Crippen molar-refractivity contribution in [3.8, 4) is 0 Å². The van der Waals surface area contributed by atoms with Crippen LogP contribution in [0.15, 0.2) is 11.6 Å². The van der Waals surface area contributed by atoms with Gasteiger partial charge in [-0.25, -0.2) is 0 Å². The summed E-state index contributed by atoms with van der Waals surface area (Å²) in [4.78, 5) is 0. The molecule has 0 spiro atoms. The Morgan fingerprint density at radius 1 is 1.00 bits per heavy atom. The van der Waals surface area contributed by atoms with Gasteiger partial charge in [0.25, 0.3) is 0 Å². The first-order valence-electron chi connectivity index (χ1n) is 13.1. The first-order chi connectivity index (χ1) is 13.4. The molecular weight excluding hydrogens is 336 g/mol. The van der Waals surface area contributed by atoms with E-state index in [1.807, 2.05) is 5.57 Å². The first-order valence-corrected chi connectivity index (χ1v) is 13.1. The van der Waals surface area contributed by atoms with Crippen LogP contribution < -0.4 is 0 Å². The molecule has 4 rings (SSSR count). The fraction of sp³-hybridized carbons (Fsp3) is 0.929. The fourth-order valence-corrected chi connectivity index (χ4v) is 8.09. The van der Waals surface area contributed by atoms with Gasteiger partial charge in [-0.15, -0.1) is 0 Å². The van der Waals surface area contributed by atoms with Gasteiger partial charge in [0, 0.05) is 0 Å². The summed E-state index contributed by atoms with van der Waals surface area (Å²) in [5.74, 6) is 5.00. The summed E-state index contributed by atoms with van der Waals surface area (Å²) in [5, 5.41) is 0. The molecular formula is C28H50. The standard InChI is InChI=1S/C21H34.C7H16/c1-4-15-9-11-18-17-10-8-16-7-5-6-13-20(16,2)19(17)12-14-21(15,18)3;1-4-5-6-7(2)3/h8,15,17-19H,4-7,9-14H2,1-3H3;7H,4-6H2,1-3H3. The summed E-state index contributed by atoms with van der Waals surface area (Å²) in [6, 6.07) is 0. The zero-order valence-electron chi connectivity index (χ0n) is 20.2. The molecule has 3 saturated carbocycles. The molecule has 0 aromatic rings. The van der Waals surface area contributed by atoms with E-state index >= 15 is 0 Å². The Bertz CT molecular complexity index is 528. The molecule has 0 heterocycles. The van der Waals surface area contributed by atoms with Crippen LogP contribution in [0.5, 0.6) is 0 Å². The number of allylic oxidation sites excluding steroid dienone is 2. The Labute approximate surface area is 177 Å². The Morgan fingerprint density at radius 2 is 1.79 bits per heavy atom.